The van der Waals surface area contributed by atoms with E-state index in [9.17, 15) is 13.2 Å². The zero-order valence-corrected chi connectivity index (χ0v) is 12.1. The monoisotopic (exact) mass is 302 g/mol. The molecule has 6 heteroatoms. The molecule has 0 amide bonds. The summed E-state index contributed by atoms with van der Waals surface area (Å²) in [6, 6.07) is 6.00. The molecule has 0 aliphatic carbocycles. The molecule has 1 aliphatic rings. The van der Waals surface area contributed by atoms with Crippen LogP contribution in [0.15, 0.2) is 24.3 Å². The predicted octanol–water partition coefficient (Wildman–Crippen LogP) is 3.02. The van der Waals surface area contributed by atoms with Gasteiger partial charge in [0, 0.05) is 13.1 Å². The topological polar surface area (TPSA) is 24.5 Å². The lowest BCUT2D eigenvalue weighted by Gasteiger charge is -2.14. The molecule has 118 valence electrons. The molecule has 1 heterocycles. The third-order valence-corrected chi connectivity index (χ3v) is 3.74. The number of hydrogen-bond donors (Lipinski definition) is 1. The summed E-state index contributed by atoms with van der Waals surface area (Å²) in [6.45, 7) is 7.15. The highest BCUT2D eigenvalue weighted by molar-refractivity contribution is 5.27. The maximum Gasteiger partial charge on any atom is 0.573 e. The highest BCUT2D eigenvalue weighted by Gasteiger charge is 2.30. The Kier molecular flexibility index (Phi) is 5.47. The van der Waals surface area contributed by atoms with Crippen molar-refractivity contribution in [2.45, 2.75) is 26.3 Å². The van der Waals surface area contributed by atoms with Crippen LogP contribution in [0.2, 0.25) is 0 Å². The Morgan fingerprint density at radius 3 is 2.57 bits per heavy atom. The lowest BCUT2D eigenvalue weighted by atomic mass is 10.1. The van der Waals surface area contributed by atoms with E-state index in [2.05, 4.69) is 21.9 Å². The molecule has 0 aromatic heterocycles. The van der Waals surface area contributed by atoms with E-state index in [0.29, 0.717) is 12.5 Å². The van der Waals surface area contributed by atoms with E-state index in [1.54, 1.807) is 12.1 Å². The van der Waals surface area contributed by atoms with Crippen LogP contribution in [0.3, 0.4) is 0 Å². The Balaban J connectivity index is 1.71. The third kappa shape index (κ3) is 5.55. The van der Waals surface area contributed by atoms with Crippen molar-refractivity contribution in [1.82, 2.24) is 10.2 Å². The molecule has 1 aromatic rings. The number of likely N-dealkylation sites (tertiary alicyclic amines) is 1. The Morgan fingerprint density at radius 2 is 2.00 bits per heavy atom. The van der Waals surface area contributed by atoms with E-state index in [4.69, 9.17) is 0 Å². The number of halogens is 3. The second-order valence-corrected chi connectivity index (χ2v) is 5.37. The molecule has 0 radical (unpaired) electrons. The fraction of sp³-hybridized carbons (Fsp3) is 0.600. The third-order valence-electron chi connectivity index (χ3n) is 3.74. The smallest absolute Gasteiger partial charge is 0.406 e. The first kappa shape index (κ1) is 16.1. The molecule has 1 atom stereocenters. The van der Waals surface area contributed by atoms with Gasteiger partial charge >= 0.3 is 6.36 Å². The van der Waals surface area contributed by atoms with Crippen LogP contribution in [0.4, 0.5) is 13.2 Å². The number of rotatable bonds is 6. The second kappa shape index (κ2) is 7.13. The summed E-state index contributed by atoms with van der Waals surface area (Å²) in [6.07, 6.45) is -3.42. The van der Waals surface area contributed by atoms with Crippen molar-refractivity contribution < 1.29 is 17.9 Å². The summed E-state index contributed by atoms with van der Waals surface area (Å²) in [5.74, 6) is 0.485. The van der Waals surface area contributed by atoms with Crippen molar-refractivity contribution in [1.29, 1.82) is 0 Å². The van der Waals surface area contributed by atoms with Gasteiger partial charge in [0.05, 0.1) is 0 Å². The first-order valence-corrected chi connectivity index (χ1v) is 7.24. The van der Waals surface area contributed by atoms with Gasteiger partial charge in [0.1, 0.15) is 5.75 Å². The largest absolute Gasteiger partial charge is 0.573 e. The van der Waals surface area contributed by atoms with Crippen LogP contribution in [0.5, 0.6) is 5.75 Å². The van der Waals surface area contributed by atoms with Crippen LogP contribution in [0, 0.1) is 5.92 Å². The molecule has 1 fully saturated rings. The van der Waals surface area contributed by atoms with Crippen LogP contribution in [0.25, 0.3) is 0 Å². The molecule has 3 nitrogen and oxygen atoms in total. The average Bonchev–Trinajstić information content (AvgIpc) is 2.87. The minimum atomic E-state index is -4.63. The van der Waals surface area contributed by atoms with Gasteiger partial charge in [0.15, 0.2) is 0 Å². The van der Waals surface area contributed by atoms with Crippen LogP contribution in [0.1, 0.15) is 18.9 Å². The molecule has 1 unspecified atom stereocenters. The average molecular weight is 302 g/mol. The molecular weight excluding hydrogens is 281 g/mol. The van der Waals surface area contributed by atoms with Crippen LogP contribution >= 0.6 is 0 Å². The minimum absolute atomic E-state index is 0.180. The van der Waals surface area contributed by atoms with Gasteiger partial charge in [-0.25, -0.2) is 0 Å². The maximum absolute atomic E-state index is 12.0. The molecule has 1 aliphatic heterocycles. The lowest BCUT2D eigenvalue weighted by Crippen LogP contribution is -2.26. The fourth-order valence-electron chi connectivity index (χ4n) is 2.60. The van der Waals surface area contributed by atoms with Gasteiger partial charge in [0.25, 0.3) is 0 Å². The number of nitrogens with one attached hydrogen (secondary N) is 1. The fourth-order valence-corrected chi connectivity index (χ4v) is 2.60. The minimum Gasteiger partial charge on any atom is -0.406 e. The Hall–Kier alpha value is -1.27. The van der Waals surface area contributed by atoms with E-state index < -0.39 is 6.36 Å². The lowest BCUT2D eigenvalue weighted by molar-refractivity contribution is -0.274. The highest BCUT2D eigenvalue weighted by Crippen LogP contribution is 2.22. The second-order valence-electron chi connectivity index (χ2n) is 5.37. The van der Waals surface area contributed by atoms with E-state index in [1.165, 1.54) is 18.6 Å². The summed E-state index contributed by atoms with van der Waals surface area (Å²) in [5, 5.41) is 3.37. The SMILES string of the molecule is CCN1CCC(CNCc2ccc(OC(F)(F)F)cc2)C1. The van der Waals surface area contributed by atoms with E-state index in [0.717, 1.165) is 31.7 Å². The Morgan fingerprint density at radius 1 is 1.29 bits per heavy atom. The molecule has 1 saturated heterocycles. The first-order chi connectivity index (χ1) is 9.96. The molecule has 2 rings (SSSR count). The van der Waals surface area contributed by atoms with E-state index in [-0.39, 0.29) is 5.75 Å². The molecule has 0 saturated carbocycles. The van der Waals surface area contributed by atoms with Crippen molar-refractivity contribution in [3.8, 4) is 5.75 Å². The summed E-state index contributed by atoms with van der Waals surface area (Å²) >= 11 is 0. The van der Waals surface area contributed by atoms with Crippen LogP contribution in [-0.4, -0.2) is 37.4 Å². The van der Waals surface area contributed by atoms with Gasteiger partial charge in [-0.05, 0) is 49.7 Å². The maximum atomic E-state index is 12.0. The van der Waals surface area contributed by atoms with E-state index >= 15 is 0 Å². The van der Waals surface area contributed by atoms with Crippen molar-refractivity contribution in [2.24, 2.45) is 5.92 Å². The molecular formula is C15H21F3N2O. The van der Waals surface area contributed by atoms with Crippen molar-refractivity contribution in [3.63, 3.8) is 0 Å². The standard InChI is InChI=1S/C15H21F3N2O/c1-2-20-8-7-13(11-20)10-19-9-12-3-5-14(6-4-12)21-15(16,17)18/h3-6,13,19H,2,7-11H2,1H3. The van der Waals surface area contributed by atoms with Gasteiger partial charge in [-0.1, -0.05) is 19.1 Å². The zero-order chi connectivity index (χ0) is 15.3. The number of alkyl halides is 3. The normalized spacial score (nSPS) is 19.9. The van der Waals surface area contributed by atoms with Gasteiger partial charge in [0.2, 0.25) is 0 Å². The summed E-state index contributed by atoms with van der Waals surface area (Å²) < 4.78 is 40.0. The molecule has 0 spiro atoms. The highest BCUT2D eigenvalue weighted by atomic mass is 19.4. The quantitative estimate of drug-likeness (QED) is 0.874. The zero-order valence-electron chi connectivity index (χ0n) is 12.1. The molecule has 21 heavy (non-hydrogen) atoms. The first-order valence-electron chi connectivity index (χ1n) is 7.24. The van der Waals surface area contributed by atoms with Crippen molar-refractivity contribution in [2.75, 3.05) is 26.2 Å². The summed E-state index contributed by atoms with van der Waals surface area (Å²) in [4.78, 5) is 2.43. The number of nitrogens with zero attached hydrogens (tertiary/aromatic N) is 1. The van der Waals surface area contributed by atoms with Gasteiger partial charge < -0.3 is 15.0 Å². The Labute approximate surface area is 123 Å². The van der Waals surface area contributed by atoms with Crippen LogP contribution < -0.4 is 10.1 Å². The van der Waals surface area contributed by atoms with Gasteiger partial charge in [-0.3, -0.25) is 0 Å². The number of ether oxygens (including phenoxy) is 1. The summed E-state index contributed by atoms with van der Waals surface area (Å²) in [7, 11) is 0. The summed E-state index contributed by atoms with van der Waals surface area (Å²) in [5.41, 5.74) is 0.954. The Bertz CT molecular complexity index is 434. The van der Waals surface area contributed by atoms with Gasteiger partial charge in [-0.15, -0.1) is 13.2 Å². The number of benzene rings is 1. The molecule has 1 aromatic carbocycles. The number of hydrogen-bond acceptors (Lipinski definition) is 3. The van der Waals surface area contributed by atoms with E-state index in [1.807, 2.05) is 0 Å². The van der Waals surface area contributed by atoms with Crippen molar-refractivity contribution in [3.05, 3.63) is 29.8 Å². The molecule has 0 bridgehead atoms. The van der Waals surface area contributed by atoms with Crippen molar-refractivity contribution >= 4 is 0 Å². The predicted molar refractivity (Wildman–Crippen MR) is 75.1 cm³/mol. The molecule has 1 N–H and O–H groups in total. The van der Waals surface area contributed by atoms with Crippen LogP contribution in [-0.2, 0) is 6.54 Å². The van der Waals surface area contributed by atoms with Gasteiger partial charge in [-0.2, -0.15) is 0 Å².